The molecule has 0 saturated carbocycles. The first-order chi connectivity index (χ1) is 9.93. The highest BCUT2D eigenvalue weighted by Crippen LogP contribution is 2.34. The fourth-order valence-corrected chi connectivity index (χ4v) is 2.22. The molecule has 0 unspecified atom stereocenters. The van der Waals surface area contributed by atoms with Crippen LogP contribution < -0.4 is 10.6 Å². The van der Waals surface area contributed by atoms with Crippen LogP contribution >= 0.6 is 0 Å². The zero-order chi connectivity index (χ0) is 15.5. The number of hydrogen-bond donors (Lipinski definition) is 2. The first-order valence-electron chi connectivity index (χ1n) is 6.68. The van der Waals surface area contributed by atoms with Gasteiger partial charge < -0.3 is 15.4 Å². The molecule has 6 nitrogen and oxygen atoms in total. The van der Waals surface area contributed by atoms with E-state index in [-0.39, 0.29) is 31.3 Å². The zero-order valence-corrected chi connectivity index (χ0v) is 11.6. The molecule has 2 N–H and O–H groups in total. The second-order valence-corrected chi connectivity index (χ2v) is 4.58. The van der Waals surface area contributed by atoms with Crippen LogP contribution in [0.4, 0.5) is 18.0 Å². The smallest absolute Gasteiger partial charge is 0.376 e. The number of hydrogen-bond acceptors (Lipinski definition) is 3. The van der Waals surface area contributed by atoms with Crippen LogP contribution in [0, 0.1) is 0 Å². The van der Waals surface area contributed by atoms with E-state index in [1.807, 2.05) is 0 Å². The summed E-state index contributed by atoms with van der Waals surface area (Å²) in [6.45, 7) is 2.96. The molecule has 0 aliphatic carbocycles. The molecule has 9 heteroatoms. The molecule has 2 amide bonds. The van der Waals surface area contributed by atoms with Crippen LogP contribution in [0.15, 0.2) is 0 Å². The quantitative estimate of drug-likeness (QED) is 0.881. The van der Waals surface area contributed by atoms with Crippen molar-refractivity contribution in [1.29, 1.82) is 0 Å². The number of halogens is 3. The number of aromatic nitrogens is 2. The van der Waals surface area contributed by atoms with Crippen LogP contribution in [-0.2, 0) is 30.5 Å². The molecule has 0 spiro atoms. The number of ether oxygens (including phenoxy) is 1. The lowest BCUT2D eigenvalue weighted by Crippen LogP contribution is -2.37. The third-order valence-corrected chi connectivity index (χ3v) is 3.11. The second kappa shape index (κ2) is 6.33. The SMILES string of the molecule is CCNC(=O)NCCn1nc(C(F)(F)F)c2c1CCOC2. The Hall–Kier alpha value is -1.77. The van der Waals surface area contributed by atoms with Crippen LogP contribution in [0.25, 0.3) is 0 Å². The molecule has 2 rings (SSSR count). The molecule has 1 aliphatic heterocycles. The van der Waals surface area contributed by atoms with Gasteiger partial charge in [0, 0.05) is 30.8 Å². The summed E-state index contributed by atoms with van der Waals surface area (Å²) in [5.74, 6) is 0. The van der Waals surface area contributed by atoms with E-state index in [1.165, 1.54) is 4.68 Å². The number of nitrogens with zero attached hydrogens (tertiary/aromatic N) is 2. The van der Waals surface area contributed by atoms with Crippen molar-refractivity contribution in [2.75, 3.05) is 19.7 Å². The van der Waals surface area contributed by atoms with E-state index < -0.39 is 11.9 Å². The van der Waals surface area contributed by atoms with Gasteiger partial charge in [0.2, 0.25) is 0 Å². The molecule has 0 radical (unpaired) electrons. The van der Waals surface area contributed by atoms with Crippen molar-refractivity contribution in [2.24, 2.45) is 0 Å². The lowest BCUT2D eigenvalue weighted by atomic mass is 10.1. The van der Waals surface area contributed by atoms with E-state index >= 15 is 0 Å². The van der Waals surface area contributed by atoms with Gasteiger partial charge in [0.05, 0.1) is 19.8 Å². The Labute approximate surface area is 119 Å². The highest BCUT2D eigenvalue weighted by molar-refractivity contribution is 5.73. The number of alkyl halides is 3. The molecule has 1 aromatic rings. The van der Waals surface area contributed by atoms with E-state index in [9.17, 15) is 18.0 Å². The van der Waals surface area contributed by atoms with E-state index in [1.54, 1.807) is 6.92 Å². The molecule has 0 aromatic carbocycles. The molecule has 0 fully saturated rings. The summed E-state index contributed by atoms with van der Waals surface area (Å²) in [5, 5.41) is 8.75. The van der Waals surface area contributed by atoms with E-state index in [2.05, 4.69) is 15.7 Å². The summed E-state index contributed by atoms with van der Waals surface area (Å²) in [5.41, 5.74) is -0.256. The van der Waals surface area contributed by atoms with Gasteiger partial charge in [-0.3, -0.25) is 4.68 Å². The number of fused-ring (bicyclic) bond motifs is 1. The maximum absolute atomic E-state index is 12.9. The molecular formula is C12H17F3N4O2. The average molecular weight is 306 g/mol. The van der Waals surface area contributed by atoms with Crippen molar-refractivity contribution in [2.45, 2.75) is 32.7 Å². The summed E-state index contributed by atoms with van der Waals surface area (Å²) in [7, 11) is 0. The molecule has 2 heterocycles. The van der Waals surface area contributed by atoms with Crippen LogP contribution in [0.5, 0.6) is 0 Å². The minimum Gasteiger partial charge on any atom is -0.376 e. The van der Waals surface area contributed by atoms with Crippen LogP contribution in [0.1, 0.15) is 23.9 Å². The van der Waals surface area contributed by atoms with Crippen LogP contribution in [0.3, 0.4) is 0 Å². The van der Waals surface area contributed by atoms with Crippen LogP contribution in [0.2, 0.25) is 0 Å². The third-order valence-electron chi connectivity index (χ3n) is 3.11. The summed E-state index contributed by atoms with van der Waals surface area (Å²) in [6.07, 6.45) is -4.11. The molecule has 0 saturated heterocycles. The minimum absolute atomic E-state index is 0.0755. The summed E-state index contributed by atoms with van der Waals surface area (Å²) in [6, 6.07) is -0.349. The van der Waals surface area contributed by atoms with Crippen molar-refractivity contribution in [3.8, 4) is 0 Å². The minimum atomic E-state index is -4.50. The first-order valence-corrected chi connectivity index (χ1v) is 6.68. The van der Waals surface area contributed by atoms with Crippen molar-refractivity contribution in [3.63, 3.8) is 0 Å². The monoisotopic (exact) mass is 306 g/mol. The zero-order valence-electron chi connectivity index (χ0n) is 11.6. The summed E-state index contributed by atoms with van der Waals surface area (Å²) in [4.78, 5) is 11.2. The molecule has 118 valence electrons. The van der Waals surface area contributed by atoms with Gasteiger partial charge in [0.25, 0.3) is 0 Å². The lowest BCUT2D eigenvalue weighted by Gasteiger charge is -2.15. The van der Waals surface area contributed by atoms with Gasteiger partial charge in [0.15, 0.2) is 5.69 Å². The number of carbonyl (C=O) groups excluding carboxylic acids is 1. The Morgan fingerprint density at radius 1 is 1.43 bits per heavy atom. The van der Waals surface area contributed by atoms with Gasteiger partial charge in [-0.2, -0.15) is 18.3 Å². The topological polar surface area (TPSA) is 68.2 Å². The van der Waals surface area contributed by atoms with Gasteiger partial charge in [-0.05, 0) is 6.92 Å². The normalized spacial score (nSPS) is 14.7. The Kier molecular flexibility index (Phi) is 4.71. The first kappa shape index (κ1) is 15.6. The Morgan fingerprint density at radius 2 is 2.19 bits per heavy atom. The van der Waals surface area contributed by atoms with Crippen molar-refractivity contribution >= 4 is 6.03 Å². The maximum atomic E-state index is 12.9. The third kappa shape index (κ3) is 3.66. The summed E-state index contributed by atoms with van der Waals surface area (Å²) >= 11 is 0. The van der Waals surface area contributed by atoms with Gasteiger partial charge in [-0.25, -0.2) is 4.79 Å². The predicted molar refractivity (Wildman–Crippen MR) is 67.7 cm³/mol. The lowest BCUT2D eigenvalue weighted by molar-refractivity contribution is -0.142. The number of urea groups is 1. The van der Waals surface area contributed by atoms with Gasteiger partial charge in [-0.1, -0.05) is 0 Å². The van der Waals surface area contributed by atoms with Crippen molar-refractivity contribution < 1.29 is 22.7 Å². The number of nitrogens with one attached hydrogen (secondary N) is 2. The Balaban J connectivity index is 2.09. The Bertz CT molecular complexity index is 513. The highest BCUT2D eigenvalue weighted by atomic mass is 19.4. The number of carbonyl (C=O) groups is 1. The molecular weight excluding hydrogens is 289 g/mol. The average Bonchev–Trinajstić information content (AvgIpc) is 2.78. The van der Waals surface area contributed by atoms with E-state index in [0.717, 1.165) is 0 Å². The van der Waals surface area contributed by atoms with Gasteiger partial charge >= 0.3 is 12.2 Å². The van der Waals surface area contributed by atoms with E-state index in [4.69, 9.17) is 4.74 Å². The highest BCUT2D eigenvalue weighted by Gasteiger charge is 2.39. The molecule has 1 aromatic heterocycles. The number of rotatable bonds is 4. The van der Waals surface area contributed by atoms with Crippen molar-refractivity contribution in [3.05, 3.63) is 17.0 Å². The summed E-state index contributed by atoms with van der Waals surface area (Å²) < 4.78 is 45.2. The van der Waals surface area contributed by atoms with E-state index in [0.29, 0.717) is 25.3 Å². The largest absolute Gasteiger partial charge is 0.435 e. The number of amides is 2. The molecule has 1 aliphatic rings. The maximum Gasteiger partial charge on any atom is 0.435 e. The fraction of sp³-hybridized carbons (Fsp3) is 0.667. The second-order valence-electron chi connectivity index (χ2n) is 4.58. The molecule has 21 heavy (non-hydrogen) atoms. The predicted octanol–water partition coefficient (Wildman–Crippen LogP) is 1.29. The fourth-order valence-electron chi connectivity index (χ4n) is 2.22. The van der Waals surface area contributed by atoms with Crippen LogP contribution in [-0.4, -0.2) is 35.5 Å². The molecule has 0 atom stereocenters. The van der Waals surface area contributed by atoms with Gasteiger partial charge in [0.1, 0.15) is 0 Å². The molecule has 0 bridgehead atoms. The van der Waals surface area contributed by atoms with Crippen molar-refractivity contribution in [1.82, 2.24) is 20.4 Å². The Morgan fingerprint density at radius 3 is 2.86 bits per heavy atom. The standard InChI is InChI=1S/C12H17F3N4O2/c1-2-16-11(20)17-4-5-19-9-3-6-21-7-8(9)10(18-19)12(13,14)15/h2-7H2,1H3,(H2,16,17,20). The van der Waals surface area contributed by atoms with Gasteiger partial charge in [-0.15, -0.1) is 0 Å².